The van der Waals surface area contributed by atoms with Crippen LogP contribution in [0.3, 0.4) is 0 Å². The Kier molecular flexibility index (Phi) is 5.62. The number of alkyl halides is 3. The van der Waals surface area contributed by atoms with Crippen molar-refractivity contribution in [2.75, 3.05) is 0 Å². The fourth-order valence-corrected chi connectivity index (χ4v) is 3.91. The number of carbonyl (C=O) groups excluding carboxylic acids is 1. The first-order valence-electron chi connectivity index (χ1n) is 8.67. The van der Waals surface area contributed by atoms with E-state index in [0.29, 0.717) is 17.5 Å². The molecule has 2 atom stereocenters. The van der Waals surface area contributed by atoms with Crippen LogP contribution < -0.4 is 10.6 Å². The van der Waals surface area contributed by atoms with E-state index in [-0.39, 0.29) is 36.2 Å². The minimum atomic E-state index is -4.88. The Bertz CT molecular complexity index is 859. The molecule has 3 heterocycles. The van der Waals surface area contributed by atoms with Crippen LogP contribution in [0.15, 0.2) is 24.3 Å². The summed E-state index contributed by atoms with van der Waals surface area (Å²) in [5, 5.41) is 13.0. The lowest BCUT2D eigenvalue weighted by molar-refractivity contribution is -0.143. The Labute approximate surface area is 164 Å². The van der Waals surface area contributed by atoms with Gasteiger partial charge in [-0.2, -0.15) is 13.2 Å². The van der Waals surface area contributed by atoms with Gasteiger partial charge in [0, 0.05) is 18.1 Å². The number of rotatable bonds is 3. The number of nitrogens with one attached hydrogen (secondary N) is 2. The first-order chi connectivity index (χ1) is 12.8. The average molecular weight is 420 g/mol. The lowest BCUT2D eigenvalue weighted by atomic mass is 9.99. The van der Waals surface area contributed by atoms with Crippen LogP contribution in [-0.2, 0) is 6.18 Å². The van der Waals surface area contributed by atoms with Gasteiger partial charge in [0.1, 0.15) is 5.82 Å². The van der Waals surface area contributed by atoms with Crippen molar-refractivity contribution in [3.63, 3.8) is 0 Å². The summed E-state index contributed by atoms with van der Waals surface area (Å²) in [5.41, 5.74) is -2.28. The van der Waals surface area contributed by atoms with Gasteiger partial charge in [0.25, 0.3) is 5.91 Å². The third-order valence-corrected chi connectivity index (χ3v) is 5.01. The first kappa shape index (κ1) is 20.5. The number of nitrogens with zero attached hydrogens (tertiary/aromatic N) is 3. The molecule has 2 aromatic rings. The van der Waals surface area contributed by atoms with Crippen LogP contribution in [0.1, 0.15) is 41.9 Å². The molecule has 1 aromatic heterocycles. The fourth-order valence-electron chi connectivity index (χ4n) is 3.91. The smallest absolute Gasteiger partial charge is 0.348 e. The number of hydrogen-bond donors (Lipinski definition) is 2. The minimum absolute atomic E-state index is 0. The number of carbonyl (C=O) groups is 1. The zero-order chi connectivity index (χ0) is 19.2. The molecule has 2 unspecified atom stereocenters. The second kappa shape index (κ2) is 7.67. The van der Waals surface area contributed by atoms with Gasteiger partial charge in [0.2, 0.25) is 0 Å². The predicted octanol–water partition coefficient (Wildman–Crippen LogP) is 2.86. The van der Waals surface area contributed by atoms with Crippen LogP contribution in [0, 0.1) is 5.82 Å². The van der Waals surface area contributed by atoms with Crippen LogP contribution in [0.2, 0.25) is 0 Å². The lowest BCUT2D eigenvalue weighted by Crippen LogP contribution is -2.48. The van der Waals surface area contributed by atoms with Crippen LogP contribution in [-0.4, -0.2) is 39.0 Å². The third kappa shape index (κ3) is 3.97. The van der Waals surface area contributed by atoms with Gasteiger partial charge in [-0.25, -0.2) is 9.07 Å². The van der Waals surface area contributed by atoms with Crippen molar-refractivity contribution in [2.45, 2.75) is 50.0 Å². The predicted molar refractivity (Wildman–Crippen MR) is 94.0 cm³/mol. The van der Waals surface area contributed by atoms with Crippen LogP contribution >= 0.6 is 12.4 Å². The van der Waals surface area contributed by atoms with E-state index < -0.39 is 29.3 Å². The molecular formula is C17H18ClF4N5O. The number of piperidine rings is 1. The number of amides is 1. The van der Waals surface area contributed by atoms with E-state index >= 15 is 0 Å². The van der Waals surface area contributed by atoms with Crippen molar-refractivity contribution in [3.8, 4) is 5.69 Å². The summed E-state index contributed by atoms with van der Waals surface area (Å²) >= 11 is 0. The molecule has 2 bridgehead atoms. The molecule has 1 aromatic carbocycles. The quantitative estimate of drug-likeness (QED) is 0.750. The molecule has 152 valence electrons. The van der Waals surface area contributed by atoms with Crippen molar-refractivity contribution >= 4 is 18.3 Å². The summed E-state index contributed by atoms with van der Waals surface area (Å²) in [5.74, 6) is -1.64. The van der Waals surface area contributed by atoms with Gasteiger partial charge in [-0.3, -0.25) is 4.79 Å². The van der Waals surface area contributed by atoms with Crippen molar-refractivity contribution < 1.29 is 22.4 Å². The number of halogens is 5. The van der Waals surface area contributed by atoms with E-state index in [9.17, 15) is 22.4 Å². The highest BCUT2D eigenvalue weighted by Gasteiger charge is 2.43. The van der Waals surface area contributed by atoms with E-state index in [2.05, 4.69) is 20.9 Å². The SMILES string of the molecule is Cl.O=C(NC1CC2CCC(C1)N2)c1nnn(-c2cccc(F)c2)c1C(F)(F)F. The molecule has 6 nitrogen and oxygen atoms in total. The Morgan fingerprint density at radius 3 is 2.50 bits per heavy atom. The fraction of sp³-hybridized carbons (Fsp3) is 0.471. The van der Waals surface area contributed by atoms with Gasteiger partial charge in [-0.05, 0) is 43.9 Å². The van der Waals surface area contributed by atoms with Crippen molar-refractivity contribution in [3.05, 3.63) is 41.5 Å². The van der Waals surface area contributed by atoms with Crippen LogP contribution in [0.25, 0.3) is 5.69 Å². The van der Waals surface area contributed by atoms with Gasteiger partial charge in [-0.15, -0.1) is 17.5 Å². The molecule has 2 saturated heterocycles. The number of aromatic nitrogens is 3. The monoisotopic (exact) mass is 419 g/mol. The first-order valence-corrected chi connectivity index (χ1v) is 8.67. The zero-order valence-electron chi connectivity index (χ0n) is 14.5. The Morgan fingerprint density at radius 2 is 1.89 bits per heavy atom. The summed E-state index contributed by atoms with van der Waals surface area (Å²) in [7, 11) is 0. The van der Waals surface area contributed by atoms with Gasteiger partial charge >= 0.3 is 6.18 Å². The van der Waals surface area contributed by atoms with Crippen LogP contribution in [0.4, 0.5) is 17.6 Å². The number of fused-ring (bicyclic) bond motifs is 2. The molecule has 2 fully saturated rings. The minimum Gasteiger partial charge on any atom is -0.348 e. The highest BCUT2D eigenvalue weighted by Crippen LogP contribution is 2.33. The summed E-state index contributed by atoms with van der Waals surface area (Å²) in [6.07, 6.45) is -1.54. The third-order valence-electron chi connectivity index (χ3n) is 5.01. The molecule has 2 N–H and O–H groups in total. The molecule has 28 heavy (non-hydrogen) atoms. The van der Waals surface area contributed by atoms with E-state index in [0.717, 1.165) is 25.0 Å². The van der Waals surface area contributed by atoms with Crippen molar-refractivity contribution in [1.29, 1.82) is 0 Å². The number of hydrogen-bond acceptors (Lipinski definition) is 4. The Balaban J connectivity index is 0.00000225. The van der Waals surface area contributed by atoms with Gasteiger partial charge < -0.3 is 10.6 Å². The van der Waals surface area contributed by atoms with Crippen LogP contribution in [0.5, 0.6) is 0 Å². The van der Waals surface area contributed by atoms with Gasteiger partial charge in [0.05, 0.1) is 5.69 Å². The molecule has 4 rings (SSSR count). The molecular weight excluding hydrogens is 402 g/mol. The van der Waals surface area contributed by atoms with Gasteiger partial charge in [-0.1, -0.05) is 11.3 Å². The maximum atomic E-state index is 13.6. The van der Waals surface area contributed by atoms with Gasteiger partial charge in [0.15, 0.2) is 11.4 Å². The Morgan fingerprint density at radius 1 is 1.21 bits per heavy atom. The average Bonchev–Trinajstić information content (AvgIpc) is 3.18. The second-order valence-corrected chi connectivity index (χ2v) is 6.96. The van der Waals surface area contributed by atoms with Crippen molar-refractivity contribution in [2.24, 2.45) is 0 Å². The standard InChI is InChI=1S/C17H17F4N5O.ClH/c18-9-2-1-3-13(6-9)26-15(17(19,20)21)14(24-25-26)16(27)23-12-7-10-4-5-11(8-12)22-10;/h1-3,6,10-12,22H,4-5,7-8H2,(H,23,27);1H. The molecule has 0 radical (unpaired) electrons. The molecule has 0 spiro atoms. The largest absolute Gasteiger partial charge is 0.435 e. The highest BCUT2D eigenvalue weighted by molar-refractivity contribution is 5.93. The Hall–Kier alpha value is -2.20. The number of benzene rings is 1. The van der Waals surface area contributed by atoms with E-state index in [4.69, 9.17) is 0 Å². The second-order valence-electron chi connectivity index (χ2n) is 6.96. The molecule has 2 aliphatic rings. The summed E-state index contributed by atoms with van der Waals surface area (Å²) in [6, 6.07) is 4.87. The van der Waals surface area contributed by atoms with E-state index in [1.54, 1.807) is 0 Å². The molecule has 0 aliphatic carbocycles. The summed E-state index contributed by atoms with van der Waals surface area (Å²) in [6.45, 7) is 0. The molecule has 1 amide bonds. The summed E-state index contributed by atoms with van der Waals surface area (Å²) < 4.78 is 54.7. The summed E-state index contributed by atoms with van der Waals surface area (Å²) in [4.78, 5) is 12.5. The maximum Gasteiger partial charge on any atom is 0.435 e. The topological polar surface area (TPSA) is 71.8 Å². The maximum absolute atomic E-state index is 13.6. The van der Waals surface area contributed by atoms with E-state index in [1.165, 1.54) is 12.1 Å². The normalized spacial score (nSPS) is 23.9. The van der Waals surface area contributed by atoms with Crippen molar-refractivity contribution in [1.82, 2.24) is 25.6 Å². The molecule has 0 saturated carbocycles. The zero-order valence-corrected chi connectivity index (χ0v) is 15.4. The highest BCUT2D eigenvalue weighted by atomic mass is 35.5. The lowest BCUT2D eigenvalue weighted by Gasteiger charge is -2.29. The molecule has 11 heteroatoms. The molecule has 2 aliphatic heterocycles. The van der Waals surface area contributed by atoms with E-state index in [1.807, 2.05) is 0 Å².